The number of allylic oxidation sites excluding steroid dienone is 1. The van der Waals surface area contributed by atoms with Crippen molar-refractivity contribution in [3.63, 3.8) is 0 Å². The van der Waals surface area contributed by atoms with E-state index >= 15 is 0 Å². The molecule has 9 heteroatoms. The van der Waals surface area contributed by atoms with Gasteiger partial charge in [-0.15, -0.1) is 0 Å². The number of rotatable bonds is 14. The molecule has 4 rings (SSSR count). The predicted molar refractivity (Wildman–Crippen MR) is 143 cm³/mol. The van der Waals surface area contributed by atoms with Crippen LogP contribution in [0.1, 0.15) is 24.5 Å². The van der Waals surface area contributed by atoms with Crippen molar-refractivity contribution >= 4 is 12.0 Å². The maximum atomic E-state index is 14.0. The molecule has 0 bridgehead atoms. The van der Waals surface area contributed by atoms with Gasteiger partial charge in [0.2, 0.25) is 0 Å². The minimum absolute atomic E-state index is 0.0609. The first kappa shape index (κ1) is 28.9. The van der Waals surface area contributed by atoms with E-state index in [1.165, 1.54) is 12.0 Å². The second-order valence-electron chi connectivity index (χ2n) is 9.65. The standard InChI is InChI=1S/C30H37NO8/c1-22(17-27-35-15-16-36-27)13-14-26(39-21-34-2)28(37-19-24-11-7-4-8-12-24)29(32)31-25(20-38-30(31)33)18-23-9-5-3-6-10-23/h3-14,22,25-28H,15-21H2,1-2H3/b14-13+/t22-,25-,26+,28-/m0/s1. The molecule has 2 saturated heterocycles. The first-order valence-electron chi connectivity index (χ1n) is 13.3. The molecule has 4 atom stereocenters. The first-order valence-corrected chi connectivity index (χ1v) is 13.3. The third kappa shape index (κ3) is 8.45. The summed E-state index contributed by atoms with van der Waals surface area (Å²) < 4.78 is 33.7. The van der Waals surface area contributed by atoms with E-state index in [1.54, 1.807) is 6.08 Å². The smallest absolute Gasteiger partial charge is 0.417 e. The van der Waals surface area contributed by atoms with Gasteiger partial charge in [0.05, 0.1) is 25.9 Å². The van der Waals surface area contributed by atoms with Gasteiger partial charge in [-0.3, -0.25) is 4.79 Å². The Kier molecular flexibility index (Phi) is 11.1. The topological polar surface area (TPSA) is 92.8 Å². The normalized spacial score (nSPS) is 20.3. The van der Waals surface area contributed by atoms with Gasteiger partial charge in [-0.2, -0.15) is 0 Å². The van der Waals surface area contributed by atoms with Crippen LogP contribution in [0.15, 0.2) is 72.8 Å². The van der Waals surface area contributed by atoms with Gasteiger partial charge in [-0.1, -0.05) is 79.7 Å². The van der Waals surface area contributed by atoms with E-state index in [-0.39, 0.29) is 32.2 Å². The van der Waals surface area contributed by atoms with Crippen molar-refractivity contribution in [3.05, 3.63) is 83.9 Å². The Labute approximate surface area is 229 Å². The highest BCUT2D eigenvalue weighted by Crippen LogP contribution is 2.23. The van der Waals surface area contributed by atoms with Crippen LogP contribution >= 0.6 is 0 Å². The van der Waals surface area contributed by atoms with Gasteiger partial charge < -0.3 is 28.4 Å². The van der Waals surface area contributed by atoms with E-state index in [4.69, 9.17) is 28.4 Å². The zero-order valence-corrected chi connectivity index (χ0v) is 22.5. The average molecular weight is 540 g/mol. The molecule has 0 unspecified atom stereocenters. The fraction of sp³-hybridized carbons (Fsp3) is 0.467. The highest BCUT2D eigenvalue weighted by Gasteiger charge is 2.43. The molecule has 2 aliphatic heterocycles. The number of hydrogen-bond donors (Lipinski definition) is 0. The number of cyclic esters (lactones) is 1. The molecule has 2 aromatic rings. The van der Waals surface area contributed by atoms with Crippen molar-refractivity contribution in [2.45, 2.75) is 50.9 Å². The Balaban J connectivity index is 1.55. The number of imide groups is 1. The molecule has 2 aliphatic rings. The van der Waals surface area contributed by atoms with Crippen molar-refractivity contribution in [2.24, 2.45) is 5.92 Å². The maximum absolute atomic E-state index is 14.0. The van der Waals surface area contributed by atoms with Crippen molar-refractivity contribution in [1.82, 2.24) is 4.90 Å². The molecule has 0 saturated carbocycles. The Morgan fingerprint density at radius 3 is 2.33 bits per heavy atom. The number of nitrogens with zero attached hydrogens (tertiary/aromatic N) is 1. The lowest BCUT2D eigenvalue weighted by Gasteiger charge is -2.29. The summed E-state index contributed by atoms with van der Waals surface area (Å²) in [4.78, 5) is 28.0. The molecule has 39 heavy (non-hydrogen) atoms. The largest absolute Gasteiger partial charge is 0.447 e. The quantitative estimate of drug-likeness (QED) is 0.262. The Morgan fingerprint density at radius 2 is 1.67 bits per heavy atom. The summed E-state index contributed by atoms with van der Waals surface area (Å²) in [7, 11) is 1.51. The summed E-state index contributed by atoms with van der Waals surface area (Å²) >= 11 is 0. The summed E-state index contributed by atoms with van der Waals surface area (Å²) in [5.74, 6) is -0.440. The summed E-state index contributed by atoms with van der Waals surface area (Å²) in [5.41, 5.74) is 1.89. The van der Waals surface area contributed by atoms with Crippen molar-refractivity contribution in [3.8, 4) is 0 Å². The van der Waals surface area contributed by atoms with E-state index in [1.807, 2.05) is 73.7 Å². The molecule has 2 aromatic carbocycles. The Bertz CT molecular complexity index is 1060. The molecule has 2 heterocycles. The molecule has 210 valence electrons. The first-order chi connectivity index (χ1) is 19.0. The van der Waals surface area contributed by atoms with Crippen LogP contribution in [0.3, 0.4) is 0 Å². The van der Waals surface area contributed by atoms with Gasteiger partial charge in [0.1, 0.15) is 19.5 Å². The number of benzene rings is 2. The molecule has 0 spiro atoms. The fourth-order valence-corrected chi connectivity index (χ4v) is 4.59. The van der Waals surface area contributed by atoms with Gasteiger partial charge in [0, 0.05) is 13.5 Å². The molecular formula is C30H37NO8. The molecule has 2 amide bonds. The molecule has 9 nitrogen and oxygen atoms in total. The van der Waals surface area contributed by atoms with Crippen LogP contribution in [0.4, 0.5) is 4.79 Å². The van der Waals surface area contributed by atoms with E-state index in [9.17, 15) is 9.59 Å². The van der Waals surface area contributed by atoms with Gasteiger partial charge >= 0.3 is 6.09 Å². The summed E-state index contributed by atoms with van der Waals surface area (Å²) in [5, 5.41) is 0. The second kappa shape index (κ2) is 14.9. The summed E-state index contributed by atoms with van der Waals surface area (Å²) in [6.45, 7) is 3.41. The highest BCUT2D eigenvalue weighted by molar-refractivity contribution is 5.96. The van der Waals surface area contributed by atoms with Crippen LogP contribution in [0.5, 0.6) is 0 Å². The molecule has 0 radical (unpaired) electrons. The number of ether oxygens (including phenoxy) is 6. The van der Waals surface area contributed by atoms with Gasteiger partial charge in [-0.05, 0) is 23.5 Å². The second-order valence-corrected chi connectivity index (χ2v) is 9.65. The average Bonchev–Trinajstić information content (AvgIpc) is 3.60. The number of amides is 2. The Hall–Kier alpha value is -3.08. The van der Waals surface area contributed by atoms with Crippen LogP contribution in [0, 0.1) is 5.92 Å². The van der Waals surface area contributed by atoms with Gasteiger partial charge in [0.25, 0.3) is 5.91 Å². The zero-order chi connectivity index (χ0) is 27.5. The molecule has 0 aliphatic carbocycles. The fourth-order valence-electron chi connectivity index (χ4n) is 4.59. The van der Waals surface area contributed by atoms with Crippen LogP contribution in [-0.2, 0) is 46.2 Å². The molecule has 2 fully saturated rings. The van der Waals surface area contributed by atoms with E-state index < -0.39 is 30.3 Å². The Morgan fingerprint density at radius 1 is 1.00 bits per heavy atom. The van der Waals surface area contributed by atoms with E-state index in [0.29, 0.717) is 26.1 Å². The lowest BCUT2D eigenvalue weighted by Crippen LogP contribution is -2.50. The summed E-state index contributed by atoms with van der Waals surface area (Å²) in [6, 6.07) is 18.8. The number of hydrogen-bond acceptors (Lipinski definition) is 8. The maximum Gasteiger partial charge on any atom is 0.417 e. The minimum Gasteiger partial charge on any atom is -0.447 e. The lowest BCUT2D eigenvalue weighted by atomic mass is 10.0. The minimum atomic E-state index is -1.12. The lowest BCUT2D eigenvalue weighted by molar-refractivity contribution is -0.159. The third-order valence-corrected chi connectivity index (χ3v) is 6.59. The van der Waals surface area contributed by atoms with Crippen LogP contribution in [0.25, 0.3) is 0 Å². The number of methoxy groups -OCH3 is 1. The summed E-state index contributed by atoms with van der Waals surface area (Å²) in [6.07, 6.45) is 1.99. The van der Waals surface area contributed by atoms with Gasteiger partial charge in [-0.25, -0.2) is 9.69 Å². The number of carbonyl (C=O) groups is 2. The molecular weight excluding hydrogens is 502 g/mol. The highest BCUT2D eigenvalue weighted by atomic mass is 16.7. The van der Waals surface area contributed by atoms with Crippen LogP contribution in [0.2, 0.25) is 0 Å². The zero-order valence-electron chi connectivity index (χ0n) is 22.5. The van der Waals surface area contributed by atoms with Crippen molar-refractivity contribution < 1.29 is 38.0 Å². The van der Waals surface area contributed by atoms with Crippen LogP contribution < -0.4 is 0 Å². The van der Waals surface area contributed by atoms with E-state index in [0.717, 1.165) is 11.1 Å². The van der Waals surface area contributed by atoms with Crippen molar-refractivity contribution in [2.75, 3.05) is 33.7 Å². The molecule has 0 N–H and O–H groups in total. The molecule has 0 aromatic heterocycles. The SMILES string of the molecule is COCO[C@H](/C=C/[C@H](C)CC1OCCO1)[C@H](OCc1ccccc1)C(=O)N1C(=O)OC[C@@H]1Cc1ccccc1. The number of carbonyl (C=O) groups excluding carboxylic acids is 2. The predicted octanol–water partition coefficient (Wildman–Crippen LogP) is 4.11. The van der Waals surface area contributed by atoms with Crippen molar-refractivity contribution in [1.29, 1.82) is 0 Å². The van der Waals surface area contributed by atoms with E-state index in [2.05, 4.69) is 0 Å². The third-order valence-electron chi connectivity index (χ3n) is 6.59. The monoisotopic (exact) mass is 539 g/mol. The van der Waals surface area contributed by atoms with Crippen LogP contribution in [-0.4, -0.2) is 75.2 Å². The van der Waals surface area contributed by atoms with Gasteiger partial charge in [0.15, 0.2) is 12.4 Å².